The van der Waals surface area contributed by atoms with Gasteiger partial charge in [-0.05, 0) is 36.8 Å². The summed E-state index contributed by atoms with van der Waals surface area (Å²) in [4.78, 5) is 14.2. The van der Waals surface area contributed by atoms with E-state index in [1.165, 1.54) is 11.8 Å². The van der Waals surface area contributed by atoms with E-state index < -0.39 is 0 Å². The number of benzene rings is 2. The van der Waals surface area contributed by atoms with Crippen LogP contribution in [0.3, 0.4) is 0 Å². The minimum atomic E-state index is 0.0539. The lowest BCUT2D eigenvalue weighted by Gasteiger charge is -2.17. The smallest absolute Gasteiger partial charge is 0.233 e. The van der Waals surface area contributed by atoms with Gasteiger partial charge >= 0.3 is 0 Å². The fourth-order valence-corrected chi connectivity index (χ4v) is 3.70. The van der Waals surface area contributed by atoms with Crippen molar-refractivity contribution in [3.63, 3.8) is 0 Å². The van der Waals surface area contributed by atoms with Crippen LogP contribution in [0.25, 0.3) is 5.69 Å². The predicted molar refractivity (Wildman–Crippen MR) is 107 cm³/mol. The molecule has 0 saturated heterocycles. The topological polar surface area (TPSA) is 51.0 Å². The van der Waals surface area contributed by atoms with Crippen molar-refractivity contribution in [3.8, 4) is 5.69 Å². The highest BCUT2D eigenvalue weighted by atomic mass is 79.9. The average molecular weight is 431 g/mol. The van der Waals surface area contributed by atoms with Gasteiger partial charge in [0.05, 0.1) is 5.75 Å². The third-order valence-electron chi connectivity index (χ3n) is 3.89. The first-order valence-electron chi connectivity index (χ1n) is 8.13. The Morgan fingerprint density at radius 3 is 2.50 bits per heavy atom. The largest absolute Gasteiger partial charge is 0.341 e. The van der Waals surface area contributed by atoms with Crippen molar-refractivity contribution in [3.05, 3.63) is 70.5 Å². The number of aromatic nitrogens is 3. The number of halogens is 1. The van der Waals surface area contributed by atoms with Crippen molar-refractivity contribution >= 4 is 33.6 Å². The molecule has 0 aliphatic carbocycles. The molecule has 2 aromatic carbocycles. The molecule has 0 unspecified atom stereocenters. The van der Waals surface area contributed by atoms with E-state index >= 15 is 0 Å². The van der Waals surface area contributed by atoms with Crippen LogP contribution < -0.4 is 0 Å². The summed E-state index contributed by atoms with van der Waals surface area (Å²) in [6, 6.07) is 17.9. The van der Waals surface area contributed by atoms with Gasteiger partial charge in [0, 0.05) is 23.8 Å². The Morgan fingerprint density at radius 2 is 1.81 bits per heavy atom. The summed E-state index contributed by atoms with van der Waals surface area (Å²) in [6.45, 7) is 2.49. The molecule has 26 heavy (non-hydrogen) atoms. The van der Waals surface area contributed by atoms with Crippen molar-refractivity contribution in [1.29, 1.82) is 0 Å². The van der Waals surface area contributed by atoms with Crippen LogP contribution in [0.1, 0.15) is 11.4 Å². The predicted octanol–water partition coefficient (Wildman–Crippen LogP) is 4.09. The molecular formula is C19H19BrN4OS. The SMILES string of the molecule is Cc1nnc(SCC(=O)N(C)Cc2ccc(Br)cc2)n1-c1ccccc1. The van der Waals surface area contributed by atoms with Crippen LogP contribution in [0.4, 0.5) is 0 Å². The number of carbonyl (C=O) groups is 1. The molecule has 0 bridgehead atoms. The number of rotatable bonds is 6. The second kappa shape index (κ2) is 8.51. The van der Waals surface area contributed by atoms with E-state index in [1.807, 2.05) is 73.1 Å². The molecule has 1 aromatic heterocycles. The Labute approximate surface area is 165 Å². The number of amides is 1. The summed E-state index contributed by atoms with van der Waals surface area (Å²) >= 11 is 4.82. The van der Waals surface area contributed by atoms with Crippen molar-refractivity contribution in [2.75, 3.05) is 12.8 Å². The number of nitrogens with zero attached hydrogens (tertiary/aromatic N) is 4. The lowest BCUT2D eigenvalue weighted by Crippen LogP contribution is -2.27. The van der Waals surface area contributed by atoms with Gasteiger partial charge in [0.25, 0.3) is 0 Å². The van der Waals surface area contributed by atoms with Crippen LogP contribution in [-0.2, 0) is 11.3 Å². The van der Waals surface area contributed by atoms with E-state index in [1.54, 1.807) is 4.90 Å². The zero-order chi connectivity index (χ0) is 18.5. The van der Waals surface area contributed by atoms with Crippen LogP contribution in [0.15, 0.2) is 64.2 Å². The molecule has 1 heterocycles. The molecule has 0 atom stereocenters. The first-order chi connectivity index (χ1) is 12.5. The van der Waals surface area contributed by atoms with E-state index in [0.717, 1.165) is 26.7 Å². The van der Waals surface area contributed by atoms with Crippen molar-refractivity contribution in [1.82, 2.24) is 19.7 Å². The number of hydrogen-bond donors (Lipinski definition) is 0. The van der Waals surface area contributed by atoms with Gasteiger partial charge in [-0.2, -0.15) is 0 Å². The molecule has 0 N–H and O–H groups in total. The highest BCUT2D eigenvalue weighted by Gasteiger charge is 2.15. The lowest BCUT2D eigenvalue weighted by molar-refractivity contribution is -0.127. The van der Waals surface area contributed by atoms with Gasteiger partial charge in [-0.1, -0.05) is 58.0 Å². The van der Waals surface area contributed by atoms with Crippen molar-refractivity contribution < 1.29 is 4.79 Å². The highest BCUT2D eigenvalue weighted by Crippen LogP contribution is 2.22. The lowest BCUT2D eigenvalue weighted by atomic mass is 10.2. The summed E-state index contributed by atoms with van der Waals surface area (Å²) in [5.74, 6) is 1.17. The second-order valence-corrected chi connectivity index (χ2v) is 7.72. The Hall–Kier alpha value is -2.12. The maximum Gasteiger partial charge on any atom is 0.233 e. The van der Waals surface area contributed by atoms with Crippen molar-refractivity contribution in [2.24, 2.45) is 0 Å². The Kier molecular flexibility index (Phi) is 6.11. The number of aryl methyl sites for hydroxylation is 1. The minimum Gasteiger partial charge on any atom is -0.341 e. The van der Waals surface area contributed by atoms with Gasteiger partial charge in [-0.3, -0.25) is 9.36 Å². The van der Waals surface area contributed by atoms with Crippen LogP contribution in [0.5, 0.6) is 0 Å². The molecule has 0 aliphatic heterocycles. The van der Waals surface area contributed by atoms with E-state index in [4.69, 9.17) is 0 Å². The Balaban J connectivity index is 1.64. The van der Waals surface area contributed by atoms with Gasteiger partial charge < -0.3 is 4.90 Å². The molecule has 3 aromatic rings. The molecule has 1 amide bonds. The van der Waals surface area contributed by atoms with E-state index in [0.29, 0.717) is 12.3 Å². The van der Waals surface area contributed by atoms with Crippen LogP contribution in [0.2, 0.25) is 0 Å². The third kappa shape index (κ3) is 4.53. The fourth-order valence-electron chi connectivity index (χ4n) is 2.50. The molecular weight excluding hydrogens is 412 g/mol. The van der Waals surface area contributed by atoms with Gasteiger partial charge in [-0.15, -0.1) is 10.2 Å². The van der Waals surface area contributed by atoms with Gasteiger partial charge in [0.2, 0.25) is 5.91 Å². The van der Waals surface area contributed by atoms with Crippen LogP contribution in [0, 0.1) is 6.92 Å². The fraction of sp³-hybridized carbons (Fsp3) is 0.211. The van der Waals surface area contributed by atoms with Crippen LogP contribution in [-0.4, -0.2) is 38.4 Å². The number of carbonyl (C=O) groups excluding carboxylic acids is 1. The second-order valence-electron chi connectivity index (χ2n) is 5.87. The number of para-hydroxylation sites is 1. The zero-order valence-electron chi connectivity index (χ0n) is 14.6. The van der Waals surface area contributed by atoms with Crippen LogP contribution >= 0.6 is 27.7 Å². The minimum absolute atomic E-state index is 0.0539. The number of hydrogen-bond acceptors (Lipinski definition) is 4. The summed E-state index contributed by atoms with van der Waals surface area (Å²) < 4.78 is 2.99. The average Bonchev–Trinajstić information content (AvgIpc) is 3.02. The molecule has 5 nitrogen and oxygen atoms in total. The monoisotopic (exact) mass is 430 g/mol. The van der Waals surface area contributed by atoms with Gasteiger partial charge in [0.1, 0.15) is 5.82 Å². The summed E-state index contributed by atoms with van der Waals surface area (Å²) in [7, 11) is 1.82. The van der Waals surface area contributed by atoms with Gasteiger partial charge in [-0.25, -0.2) is 0 Å². The molecule has 7 heteroatoms. The van der Waals surface area contributed by atoms with E-state index in [9.17, 15) is 4.79 Å². The molecule has 0 spiro atoms. The molecule has 0 fully saturated rings. The maximum absolute atomic E-state index is 12.5. The molecule has 0 radical (unpaired) electrons. The summed E-state index contributed by atoms with van der Waals surface area (Å²) in [6.07, 6.45) is 0. The molecule has 0 aliphatic rings. The first-order valence-corrected chi connectivity index (χ1v) is 9.91. The standard InChI is InChI=1S/C19H19BrN4OS/c1-14-21-22-19(24(14)17-6-4-3-5-7-17)26-13-18(25)23(2)12-15-8-10-16(20)11-9-15/h3-11H,12-13H2,1-2H3. The molecule has 0 saturated carbocycles. The Morgan fingerprint density at radius 1 is 1.12 bits per heavy atom. The molecule has 134 valence electrons. The first kappa shape index (κ1) is 18.7. The zero-order valence-corrected chi connectivity index (χ0v) is 17.0. The summed E-state index contributed by atoms with van der Waals surface area (Å²) in [5.41, 5.74) is 2.09. The third-order valence-corrected chi connectivity index (χ3v) is 5.34. The highest BCUT2D eigenvalue weighted by molar-refractivity contribution is 9.10. The van der Waals surface area contributed by atoms with E-state index in [-0.39, 0.29) is 5.91 Å². The normalized spacial score (nSPS) is 10.7. The van der Waals surface area contributed by atoms with E-state index in [2.05, 4.69) is 26.1 Å². The Bertz CT molecular complexity index is 880. The quantitative estimate of drug-likeness (QED) is 0.552. The van der Waals surface area contributed by atoms with Gasteiger partial charge in [0.15, 0.2) is 5.16 Å². The number of thioether (sulfide) groups is 1. The maximum atomic E-state index is 12.5. The van der Waals surface area contributed by atoms with Crippen molar-refractivity contribution in [2.45, 2.75) is 18.6 Å². The molecule has 3 rings (SSSR count). The summed E-state index contributed by atoms with van der Waals surface area (Å²) in [5, 5.41) is 9.09.